The maximum Gasteiger partial charge on any atom is 0.203 e. The molecule has 5 rings (SSSR count). The van der Waals surface area contributed by atoms with Crippen LogP contribution >= 0.6 is 0 Å². The van der Waals surface area contributed by atoms with Crippen molar-refractivity contribution in [3.8, 4) is 11.5 Å². The van der Waals surface area contributed by atoms with E-state index < -0.39 is 0 Å². The quantitative estimate of drug-likeness (QED) is 0.656. The minimum atomic E-state index is -0.0649. The molecule has 0 aliphatic carbocycles. The highest BCUT2D eigenvalue weighted by Gasteiger charge is 2.23. The number of hydrogen-bond donors (Lipinski definition) is 0. The molecule has 0 unspecified atom stereocenters. The van der Waals surface area contributed by atoms with Crippen molar-refractivity contribution < 1.29 is 18.7 Å². The summed E-state index contributed by atoms with van der Waals surface area (Å²) in [6, 6.07) is 13.4. The number of aliphatic imine (C=N–C) groups is 1. The lowest BCUT2D eigenvalue weighted by Crippen LogP contribution is -2.17. The predicted molar refractivity (Wildman–Crippen MR) is 102 cm³/mol. The zero-order valence-electron chi connectivity index (χ0n) is 14.9. The van der Waals surface area contributed by atoms with E-state index in [2.05, 4.69) is 4.99 Å². The highest BCUT2D eigenvalue weighted by atomic mass is 16.5. The first-order chi connectivity index (χ1) is 13.3. The van der Waals surface area contributed by atoms with Crippen molar-refractivity contribution in [2.75, 3.05) is 19.8 Å². The van der Waals surface area contributed by atoms with Gasteiger partial charge >= 0.3 is 0 Å². The third-order valence-electron chi connectivity index (χ3n) is 5.00. The number of carbonyl (C=O) groups excluding carboxylic acids is 1. The zero-order chi connectivity index (χ0) is 18.2. The number of rotatable bonds is 3. The van der Waals surface area contributed by atoms with Crippen LogP contribution in [0.3, 0.4) is 0 Å². The van der Waals surface area contributed by atoms with Crippen LogP contribution in [0.4, 0.5) is 0 Å². The number of ketones is 1. The molecule has 0 amide bonds. The summed E-state index contributed by atoms with van der Waals surface area (Å²) in [6.07, 6.45) is 1.92. The Morgan fingerprint density at radius 1 is 1.04 bits per heavy atom. The van der Waals surface area contributed by atoms with Gasteiger partial charge in [-0.25, -0.2) is 0 Å². The molecule has 0 bridgehead atoms. The number of nitrogens with zero attached hydrogens (tertiary/aromatic N) is 1. The highest BCUT2D eigenvalue weighted by molar-refractivity contribution is 6.16. The summed E-state index contributed by atoms with van der Waals surface area (Å²) in [5, 5.41) is 0.933. The van der Waals surface area contributed by atoms with Gasteiger partial charge in [0.25, 0.3) is 0 Å². The summed E-state index contributed by atoms with van der Waals surface area (Å²) in [6.45, 7) is 1.98. The van der Waals surface area contributed by atoms with Gasteiger partial charge in [0.1, 0.15) is 5.58 Å². The molecule has 3 heterocycles. The Labute approximate surface area is 156 Å². The molecule has 27 heavy (non-hydrogen) atoms. The van der Waals surface area contributed by atoms with Crippen molar-refractivity contribution >= 4 is 22.5 Å². The van der Waals surface area contributed by atoms with E-state index in [9.17, 15) is 4.79 Å². The number of benzene rings is 2. The minimum absolute atomic E-state index is 0.0649. The Balaban J connectivity index is 1.45. The van der Waals surface area contributed by atoms with Crippen LogP contribution in [0.2, 0.25) is 0 Å². The van der Waals surface area contributed by atoms with E-state index >= 15 is 0 Å². The molecule has 0 radical (unpaired) electrons. The van der Waals surface area contributed by atoms with E-state index in [1.165, 1.54) is 0 Å². The second-order valence-corrected chi connectivity index (χ2v) is 6.83. The third-order valence-corrected chi connectivity index (χ3v) is 5.00. The summed E-state index contributed by atoms with van der Waals surface area (Å²) >= 11 is 0. The lowest BCUT2D eigenvalue weighted by molar-refractivity contribution is 0.0976. The Hall–Kier alpha value is -3.08. The smallest absolute Gasteiger partial charge is 0.203 e. The van der Waals surface area contributed by atoms with E-state index in [-0.39, 0.29) is 12.2 Å². The van der Waals surface area contributed by atoms with Gasteiger partial charge < -0.3 is 13.9 Å². The van der Waals surface area contributed by atoms with Crippen LogP contribution in [0.1, 0.15) is 34.5 Å². The highest BCUT2D eigenvalue weighted by Crippen LogP contribution is 2.35. The summed E-state index contributed by atoms with van der Waals surface area (Å²) in [5.74, 6) is 1.83. The second-order valence-electron chi connectivity index (χ2n) is 6.83. The second kappa shape index (κ2) is 6.58. The summed E-state index contributed by atoms with van der Waals surface area (Å²) in [5.41, 5.74) is 3.65. The van der Waals surface area contributed by atoms with Gasteiger partial charge in [-0.3, -0.25) is 9.79 Å². The molecule has 1 aromatic heterocycles. The maximum absolute atomic E-state index is 12.8. The lowest BCUT2D eigenvalue weighted by Gasteiger charge is -2.19. The Kier molecular flexibility index (Phi) is 3.93. The molecule has 5 heteroatoms. The molecule has 0 spiro atoms. The molecule has 136 valence electrons. The summed E-state index contributed by atoms with van der Waals surface area (Å²) in [7, 11) is 0. The van der Waals surface area contributed by atoms with Gasteiger partial charge in [-0.05, 0) is 36.2 Å². The monoisotopic (exact) mass is 361 g/mol. The van der Waals surface area contributed by atoms with Gasteiger partial charge in [-0.15, -0.1) is 0 Å². The van der Waals surface area contributed by atoms with Crippen LogP contribution in [-0.2, 0) is 6.42 Å². The lowest BCUT2D eigenvalue weighted by atomic mass is 9.93. The molecule has 2 aliphatic heterocycles. The molecule has 0 saturated carbocycles. The van der Waals surface area contributed by atoms with Crippen molar-refractivity contribution in [1.82, 2.24) is 0 Å². The fourth-order valence-corrected chi connectivity index (χ4v) is 3.63. The summed E-state index contributed by atoms with van der Waals surface area (Å²) < 4.78 is 17.3. The van der Waals surface area contributed by atoms with E-state index in [0.717, 1.165) is 52.1 Å². The Bertz CT molecular complexity index is 1030. The average Bonchev–Trinajstić information content (AvgIpc) is 2.99. The van der Waals surface area contributed by atoms with E-state index in [1.807, 2.05) is 36.4 Å². The molecule has 0 N–H and O–H groups in total. The van der Waals surface area contributed by atoms with Crippen LogP contribution in [-0.4, -0.2) is 31.3 Å². The first-order valence-corrected chi connectivity index (χ1v) is 9.26. The van der Waals surface area contributed by atoms with Gasteiger partial charge in [-0.2, -0.15) is 0 Å². The van der Waals surface area contributed by atoms with Gasteiger partial charge in [0.05, 0.1) is 25.3 Å². The van der Waals surface area contributed by atoms with Crippen LogP contribution in [0.5, 0.6) is 11.5 Å². The predicted octanol–water partition coefficient (Wildman–Crippen LogP) is 4.21. The average molecular weight is 361 g/mol. The normalized spacial score (nSPS) is 15.8. The van der Waals surface area contributed by atoms with E-state index in [0.29, 0.717) is 25.5 Å². The standard InChI is InChI=1S/C22H19NO4/c24-18(20-11-15-4-1-2-5-19(15)27-20)13-17-16-12-22-21(25-8-3-9-26-22)10-14(16)6-7-23-17/h1-2,4-5,10-12H,3,6-9,13H2. The number of carbonyl (C=O) groups is 1. The number of Topliss-reactive ketones (excluding diaryl/α,β-unsaturated/α-hetero) is 1. The first kappa shape index (κ1) is 16.1. The molecule has 5 nitrogen and oxygen atoms in total. The summed E-state index contributed by atoms with van der Waals surface area (Å²) in [4.78, 5) is 17.4. The molecular weight excluding hydrogens is 342 g/mol. The largest absolute Gasteiger partial charge is 0.490 e. The topological polar surface area (TPSA) is 61.0 Å². The van der Waals surface area contributed by atoms with Crippen molar-refractivity contribution in [3.05, 3.63) is 59.4 Å². The van der Waals surface area contributed by atoms with Crippen molar-refractivity contribution in [2.24, 2.45) is 4.99 Å². The number of para-hydroxylation sites is 1. The Morgan fingerprint density at radius 3 is 2.70 bits per heavy atom. The molecule has 2 aliphatic rings. The Morgan fingerprint density at radius 2 is 1.85 bits per heavy atom. The van der Waals surface area contributed by atoms with Crippen LogP contribution in [0, 0.1) is 0 Å². The number of ether oxygens (including phenoxy) is 2. The molecular formula is C22H19NO4. The van der Waals surface area contributed by atoms with Gasteiger partial charge in [0.15, 0.2) is 17.3 Å². The number of fused-ring (bicyclic) bond motifs is 3. The molecule has 0 saturated heterocycles. The zero-order valence-corrected chi connectivity index (χ0v) is 14.9. The maximum atomic E-state index is 12.8. The van der Waals surface area contributed by atoms with Crippen LogP contribution in [0.25, 0.3) is 11.0 Å². The SMILES string of the molecule is O=C(CC1=NCCc2cc3c(cc21)OCCCO3)c1cc2ccccc2o1. The van der Waals surface area contributed by atoms with Crippen molar-refractivity contribution in [1.29, 1.82) is 0 Å². The van der Waals surface area contributed by atoms with Gasteiger partial charge in [0.2, 0.25) is 5.78 Å². The number of hydrogen-bond acceptors (Lipinski definition) is 5. The molecule has 2 aromatic carbocycles. The van der Waals surface area contributed by atoms with E-state index in [4.69, 9.17) is 13.9 Å². The fraction of sp³-hybridized carbons (Fsp3) is 0.273. The van der Waals surface area contributed by atoms with Gasteiger partial charge in [-0.1, -0.05) is 18.2 Å². The molecule has 0 fully saturated rings. The van der Waals surface area contributed by atoms with Gasteiger partial charge in [0, 0.05) is 23.9 Å². The fourth-order valence-electron chi connectivity index (χ4n) is 3.63. The number of furan rings is 1. The first-order valence-electron chi connectivity index (χ1n) is 9.26. The third kappa shape index (κ3) is 2.99. The van der Waals surface area contributed by atoms with E-state index in [1.54, 1.807) is 6.07 Å². The van der Waals surface area contributed by atoms with Crippen LogP contribution in [0.15, 0.2) is 51.9 Å². The molecule has 3 aromatic rings. The van der Waals surface area contributed by atoms with Crippen molar-refractivity contribution in [2.45, 2.75) is 19.3 Å². The van der Waals surface area contributed by atoms with Crippen LogP contribution < -0.4 is 9.47 Å². The minimum Gasteiger partial charge on any atom is -0.490 e. The van der Waals surface area contributed by atoms with Crippen molar-refractivity contribution in [3.63, 3.8) is 0 Å². The molecule has 0 atom stereocenters.